The molecule has 0 unspecified atom stereocenters. The second-order valence-corrected chi connectivity index (χ2v) is 7.52. The third kappa shape index (κ3) is 3.72. The maximum Gasteiger partial charge on any atom is 0.0726 e. The Balaban J connectivity index is 1.77. The van der Waals surface area contributed by atoms with Crippen LogP contribution in [0.15, 0.2) is 36.4 Å². The highest BCUT2D eigenvalue weighted by molar-refractivity contribution is 5.68. The molecule has 0 bridgehead atoms. The number of benzene rings is 1. The van der Waals surface area contributed by atoms with Gasteiger partial charge in [-0.2, -0.15) is 0 Å². The van der Waals surface area contributed by atoms with E-state index in [9.17, 15) is 0 Å². The normalized spacial score (nSPS) is 19.2. The molecule has 2 aromatic rings. The number of pyridine rings is 1. The van der Waals surface area contributed by atoms with Crippen LogP contribution >= 0.6 is 0 Å². The number of aryl methyl sites for hydroxylation is 1. The molecule has 1 fully saturated rings. The highest BCUT2D eigenvalue weighted by atomic mass is 15.2. The van der Waals surface area contributed by atoms with Crippen LogP contribution in [0.4, 0.5) is 5.69 Å². The zero-order valence-corrected chi connectivity index (χ0v) is 15.4. The van der Waals surface area contributed by atoms with Crippen molar-refractivity contribution < 1.29 is 0 Å². The molecule has 1 aliphatic heterocycles. The van der Waals surface area contributed by atoms with E-state index in [1.807, 2.05) is 0 Å². The summed E-state index contributed by atoms with van der Waals surface area (Å²) in [6.07, 6.45) is 7.62. The maximum atomic E-state index is 5.12. The number of fused-ring (bicyclic) bond motifs is 1. The summed E-state index contributed by atoms with van der Waals surface area (Å²) in [4.78, 5) is 10.2. The molecule has 3 heteroatoms. The zero-order valence-electron chi connectivity index (χ0n) is 15.4. The number of aromatic nitrogens is 1. The Morgan fingerprint density at radius 3 is 2.32 bits per heavy atom. The fraction of sp³-hybridized carbons (Fsp3) is 0.500. The van der Waals surface area contributed by atoms with Gasteiger partial charge in [-0.3, -0.25) is 4.98 Å². The van der Waals surface area contributed by atoms with Crippen molar-refractivity contribution in [3.05, 3.63) is 47.7 Å². The highest BCUT2D eigenvalue weighted by Gasteiger charge is 2.21. The first-order valence-electron chi connectivity index (χ1n) is 9.83. The van der Waals surface area contributed by atoms with Gasteiger partial charge >= 0.3 is 0 Å². The minimum absolute atomic E-state index is 1.13. The van der Waals surface area contributed by atoms with Gasteiger partial charge in [0.1, 0.15) is 0 Å². The summed E-state index contributed by atoms with van der Waals surface area (Å²) in [6, 6.07) is 13.0. The summed E-state index contributed by atoms with van der Waals surface area (Å²) < 4.78 is 0. The van der Waals surface area contributed by atoms with Gasteiger partial charge in [-0.1, -0.05) is 43.2 Å². The van der Waals surface area contributed by atoms with Crippen LogP contribution in [0.5, 0.6) is 0 Å². The number of hydrogen-bond donors (Lipinski definition) is 0. The fourth-order valence-electron chi connectivity index (χ4n) is 4.12. The predicted octanol–water partition coefficient (Wildman–Crippen LogP) is 4.16. The number of rotatable bonds is 2. The van der Waals surface area contributed by atoms with E-state index >= 15 is 0 Å². The molecule has 0 atom stereocenters. The Bertz CT molecular complexity index is 703. The summed E-state index contributed by atoms with van der Waals surface area (Å²) in [5.74, 6) is 0. The van der Waals surface area contributed by atoms with Crippen molar-refractivity contribution in [3.8, 4) is 11.3 Å². The number of nitrogens with zero attached hydrogens (tertiary/aromatic N) is 3. The lowest BCUT2D eigenvalue weighted by Gasteiger charge is -2.36. The molecule has 1 aromatic carbocycles. The zero-order chi connectivity index (χ0) is 17.1. The first-order chi connectivity index (χ1) is 12.3. The van der Waals surface area contributed by atoms with Crippen molar-refractivity contribution in [1.29, 1.82) is 0 Å². The van der Waals surface area contributed by atoms with Gasteiger partial charge in [-0.25, -0.2) is 0 Å². The second-order valence-electron chi connectivity index (χ2n) is 7.52. The van der Waals surface area contributed by atoms with Crippen LogP contribution in [0, 0.1) is 0 Å². The molecule has 1 aliphatic carbocycles. The molecule has 1 saturated heterocycles. The van der Waals surface area contributed by atoms with Crippen molar-refractivity contribution in [2.75, 3.05) is 38.1 Å². The van der Waals surface area contributed by atoms with Gasteiger partial charge in [0.05, 0.1) is 5.69 Å². The molecule has 25 heavy (non-hydrogen) atoms. The maximum absolute atomic E-state index is 5.12. The molecule has 0 spiro atoms. The Morgan fingerprint density at radius 2 is 1.56 bits per heavy atom. The molecular formula is C22H29N3. The van der Waals surface area contributed by atoms with Gasteiger partial charge in [-0.05, 0) is 44.4 Å². The molecule has 2 aliphatic rings. The van der Waals surface area contributed by atoms with Gasteiger partial charge in [-0.15, -0.1) is 0 Å². The lowest BCUT2D eigenvalue weighted by molar-refractivity contribution is 0.312. The third-order valence-corrected chi connectivity index (χ3v) is 5.69. The standard InChI is InChI=1S/C22H29N3/c1-24-13-15-25(16-14-24)22-17-21(18-9-5-4-6-10-18)23-20-12-8-3-2-7-11-19(20)22/h4-6,9-10,17H,2-3,7-8,11-16H2,1H3. The van der Waals surface area contributed by atoms with Crippen LogP contribution in [0.1, 0.15) is 36.9 Å². The van der Waals surface area contributed by atoms with Crippen LogP contribution in [-0.2, 0) is 12.8 Å². The lowest BCUT2D eigenvalue weighted by Crippen LogP contribution is -2.45. The van der Waals surface area contributed by atoms with Crippen LogP contribution in [0.3, 0.4) is 0 Å². The average Bonchev–Trinajstić information content (AvgIpc) is 2.63. The van der Waals surface area contributed by atoms with Crippen LogP contribution in [0.2, 0.25) is 0 Å². The monoisotopic (exact) mass is 335 g/mol. The molecule has 0 amide bonds. The van der Waals surface area contributed by atoms with E-state index in [2.05, 4.69) is 53.2 Å². The van der Waals surface area contributed by atoms with Gasteiger partial charge in [0.2, 0.25) is 0 Å². The second kappa shape index (κ2) is 7.57. The van der Waals surface area contributed by atoms with Crippen LogP contribution in [-0.4, -0.2) is 43.1 Å². The summed E-state index contributed by atoms with van der Waals surface area (Å²) in [6.45, 7) is 4.55. The van der Waals surface area contributed by atoms with Crippen molar-refractivity contribution >= 4 is 5.69 Å². The summed E-state index contributed by atoms with van der Waals surface area (Å²) in [7, 11) is 2.23. The largest absolute Gasteiger partial charge is 0.369 e. The predicted molar refractivity (Wildman–Crippen MR) is 105 cm³/mol. The topological polar surface area (TPSA) is 19.4 Å². The number of hydrogen-bond acceptors (Lipinski definition) is 3. The van der Waals surface area contributed by atoms with Crippen LogP contribution < -0.4 is 4.90 Å². The highest BCUT2D eigenvalue weighted by Crippen LogP contribution is 2.33. The molecule has 4 rings (SSSR count). The van der Waals surface area contributed by atoms with E-state index < -0.39 is 0 Å². The molecule has 3 nitrogen and oxygen atoms in total. The number of anilines is 1. The van der Waals surface area contributed by atoms with E-state index in [0.717, 1.165) is 38.3 Å². The third-order valence-electron chi connectivity index (χ3n) is 5.69. The van der Waals surface area contributed by atoms with Gasteiger partial charge in [0, 0.05) is 43.1 Å². The first-order valence-corrected chi connectivity index (χ1v) is 9.83. The van der Waals surface area contributed by atoms with E-state index in [1.165, 1.54) is 54.6 Å². The number of piperazine rings is 1. The van der Waals surface area contributed by atoms with Crippen molar-refractivity contribution in [2.45, 2.75) is 38.5 Å². The van der Waals surface area contributed by atoms with E-state index in [-0.39, 0.29) is 0 Å². The minimum Gasteiger partial charge on any atom is -0.369 e. The van der Waals surface area contributed by atoms with Crippen molar-refractivity contribution in [2.24, 2.45) is 0 Å². The Kier molecular flexibility index (Phi) is 5.02. The van der Waals surface area contributed by atoms with Crippen molar-refractivity contribution in [3.63, 3.8) is 0 Å². The smallest absolute Gasteiger partial charge is 0.0726 e. The molecule has 0 radical (unpaired) electrons. The number of likely N-dealkylation sites (N-methyl/N-ethyl adjacent to an activating group) is 1. The Hall–Kier alpha value is -1.87. The van der Waals surface area contributed by atoms with E-state index in [0.29, 0.717) is 0 Å². The van der Waals surface area contributed by atoms with E-state index in [4.69, 9.17) is 4.98 Å². The van der Waals surface area contributed by atoms with Gasteiger partial charge in [0.25, 0.3) is 0 Å². The molecule has 1 aromatic heterocycles. The summed E-state index contributed by atoms with van der Waals surface area (Å²) >= 11 is 0. The fourth-order valence-corrected chi connectivity index (χ4v) is 4.12. The quantitative estimate of drug-likeness (QED) is 0.821. The summed E-state index contributed by atoms with van der Waals surface area (Å²) in [5.41, 5.74) is 6.73. The molecule has 0 N–H and O–H groups in total. The lowest BCUT2D eigenvalue weighted by atomic mass is 9.94. The molecule has 132 valence electrons. The first kappa shape index (κ1) is 16.6. The SMILES string of the molecule is CN1CCN(c2cc(-c3ccccc3)nc3c2CCCCCC3)CC1. The van der Waals surface area contributed by atoms with E-state index in [1.54, 1.807) is 0 Å². The Labute approximate surface area is 151 Å². The van der Waals surface area contributed by atoms with Crippen LogP contribution in [0.25, 0.3) is 11.3 Å². The Morgan fingerprint density at radius 1 is 0.840 bits per heavy atom. The average molecular weight is 335 g/mol. The minimum atomic E-state index is 1.13. The summed E-state index contributed by atoms with van der Waals surface area (Å²) in [5, 5.41) is 0. The van der Waals surface area contributed by atoms with Gasteiger partial charge < -0.3 is 9.80 Å². The van der Waals surface area contributed by atoms with Crippen molar-refractivity contribution in [1.82, 2.24) is 9.88 Å². The molecule has 2 heterocycles. The van der Waals surface area contributed by atoms with Gasteiger partial charge in [0.15, 0.2) is 0 Å². The molecular weight excluding hydrogens is 306 g/mol. The molecule has 0 saturated carbocycles.